The zero-order chi connectivity index (χ0) is 21.0. The Balaban J connectivity index is 2.10. The Morgan fingerprint density at radius 2 is 1.90 bits per heavy atom. The maximum Gasteiger partial charge on any atom is 0.337 e. The van der Waals surface area contributed by atoms with E-state index in [2.05, 4.69) is 9.98 Å². The lowest BCUT2D eigenvalue weighted by molar-refractivity contribution is 0.0697. The lowest BCUT2D eigenvalue weighted by atomic mass is 10.1. The monoisotopic (exact) mass is 410 g/mol. The molecule has 0 aliphatic carbocycles. The van der Waals surface area contributed by atoms with Crippen molar-refractivity contribution in [2.45, 2.75) is 0 Å². The van der Waals surface area contributed by atoms with E-state index in [-0.39, 0.29) is 38.9 Å². The van der Waals surface area contributed by atoms with E-state index in [4.69, 9.17) is 28.8 Å². The van der Waals surface area contributed by atoms with E-state index < -0.39 is 11.9 Å². The van der Waals surface area contributed by atoms with Crippen LogP contribution in [0, 0.1) is 0 Å². The summed E-state index contributed by atoms with van der Waals surface area (Å²) in [5.74, 6) is -1.51. The Hall–Kier alpha value is -3.85. The summed E-state index contributed by atoms with van der Waals surface area (Å²) in [5.41, 5.74) is 19.6. The second kappa shape index (κ2) is 6.35. The molecule has 1 aliphatic heterocycles. The lowest BCUT2D eigenvalue weighted by Gasteiger charge is -2.17. The third-order valence-corrected chi connectivity index (χ3v) is 5.15. The number of aliphatic imine (C=N–C) groups is 1. The van der Waals surface area contributed by atoms with Crippen molar-refractivity contribution in [2.24, 2.45) is 10.7 Å². The average molecular weight is 411 g/mol. The Kier molecular flexibility index (Phi) is 4.05. The van der Waals surface area contributed by atoms with Crippen molar-refractivity contribution >= 4 is 63.0 Å². The molecule has 7 N–H and O–H groups in total. The minimum Gasteiger partial charge on any atom is -0.478 e. The van der Waals surface area contributed by atoms with Gasteiger partial charge in [0.05, 0.1) is 38.9 Å². The molecule has 2 aromatic carbocycles. The van der Waals surface area contributed by atoms with Crippen LogP contribution >= 0.6 is 11.6 Å². The standard InChI is InChI=1S/C19H15ClN6O3/c1-26-16-11-8(18(26)25-9-5-3-2-4-7(9)19(28)29)6-10(17(23)27)24-15(11)13(21)12(20)14(16)22/h2-6H,21-22H2,1H3,(H2,23,27)(H,28,29). The lowest BCUT2D eigenvalue weighted by Crippen LogP contribution is -2.23. The minimum absolute atomic E-state index is 0.0234. The minimum atomic E-state index is -1.12. The number of carboxylic acid groups (broad SMARTS) is 1. The number of aromatic nitrogens is 1. The van der Waals surface area contributed by atoms with Gasteiger partial charge in [-0.2, -0.15) is 0 Å². The number of hydrogen-bond donors (Lipinski definition) is 4. The van der Waals surface area contributed by atoms with E-state index in [1.807, 2.05) is 0 Å². The topological polar surface area (TPSA) is 161 Å². The molecule has 0 unspecified atom stereocenters. The predicted octanol–water partition coefficient (Wildman–Crippen LogP) is 2.38. The number of carboxylic acids is 1. The van der Waals surface area contributed by atoms with Crippen molar-refractivity contribution in [3.63, 3.8) is 0 Å². The summed E-state index contributed by atoms with van der Waals surface area (Å²) in [6.07, 6.45) is 0. The smallest absolute Gasteiger partial charge is 0.337 e. The number of halogens is 1. The fourth-order valence-electron chi connectivity index (χ4n) is 3.41. The van der Waals surface area contributed by atoms with Gasteiger partial charge in [0, 0.05) is 18.0 Å². The number of para-hydroxylation sites is 1. The quantitative estimate of drug-likeness (QED) is 0.482. The van der Waals surface area contributed by atoms with Crippen LogP contribution in [0.3, 0.4) is 0 Å². The molecule has 4 rings (SSSR count). The summed E-state index contributed by atoms with van der Waals surface area (Å²) in [4.78, 5) is 33.8. The summed E-state index contributed by atoms with van der Waals surface area (Å²) in [6, 6.07) is 7.78. The molecule has 0 radical (unpaired) electrons. The van der Waals surface area contributed by atoms with Gasteiger partial charge in [0.2, 0.25) is 0 Å². The van der Waals surface area contributed by atoms with Crippen LogP contribution in [0.15, 0.2) is 35.3 Å². The second-order valence-electron chi connectivity index (χ2n) is 6.45. The molecule has 0 saturated carbocycles. The van der Waals surface area contributed by atoms with Crippen LogP contribution in [-0.4, -0.2) is 34.9 Å². The Morgan fingerprint density at radius 3 is 2.55 bits per heavy atom. The molecule has 2 heterocycles. The first-order valence-corrected chi connectivity index (χ1v) is 8.76. The highest BCUT2D eigenvalue weighted by molar-refractivity contribution is 6.41. The molecule has 0 spiro atoms. The third kappa shape index (κ3) is 2.63. The normalized spacial score (nSPS) is 14.0. The van der Waals surface area contributed by atoms with Crippen LogP contribution in [0.2, 0.25) is 5.02 Å². The van der Waals surface area contributed by atoms with Crippen molar-refractivity contribution in [1.82, 2.24) is 4.98 Å². The number of carbonyl (C=O) groups excluding carboxylic acids is 1. The zero-order valence-electron chi connectivity index (χ0n) is 15.1. The number of aromatic carboxylic acids is 1. The molecule has 3 aromatic rings. The molecule has 9 nitrogen and oxygen atoms in total. The van der Waals surface area contributed by atoms with Gasteiger partial charge in [-0.25, -0.2) is 14.8 Å². The summed E-state index contributed by atoms with van der Waals surface area (Å²) in [6.45, 7) is 0. The number of pyridine rings is 1. The van der Waals surface area contributed by atoms with Gasteiger partial charge in [-0.15, -0.1) is 0 Å². The van der Waals surface area contributed by atoms with Gasteiger partial charge in [-0.05, 0) is 18.2 Å². The van der Waals surface area contributed by atoms with Crippen LogP contribution < -0.4 is 22.1 Å². The van der Waals surface area contributed by atoms with Gasteiger partial charge in [0.1, 0.15) is 11.5 Å². The number of hydrogen-bond acceptors (Lipinski definition) is 6. The molecule has 1 aromatic heterocycles. The number of nitrogen functional groups attached to an aromatic ring is 2. The molecule has 0 atom stereocenters. The number of amides is 1. The first-order chi connectivity index (χ1) is 13.7. The molecule has 1 amide bonds. The van der Waals surface area contributed by atoms with Gasteiger partial charge >= 0.3 is 5.97 Å². The number of nitrogens with two attached hydrogens (primary N) is 3. The van der Waals surface area contributed by atoms with E-state index in [1.165, 1.54) is 12.1 Å². The van der Waals surface area contributed by atoms with Crippen LogP contribution in [0.5, 0.6) is 0 Å². The molecule has 146 valence electrons. The number of nitrogens with zero attached hydrogens (tertiary/aromatic N) is 3. The highest BCUT2D eigenvalue weighted by Gasteiger charge is 2.32. The molecule has 0 fully saturated rings. The first kappa shape index (κ1) is 18.5. The van der Waals surface area contributed by atoms with Gasteiger partial charge in [-0.3, -0.25) is 4.79 Å². The number of rotatable bonds is 3. The van der Waals surface area contributed by atoms with Crippen LogP contribution in [-0.2, 0) is 0 Å². The average Bonchev–Trinajstić information content (AvgIpc) is 2.96. The van der Waals surface area contributed by atoms with Gasteiger partial charge in [0.25, 0.3) is 5.91 Å². The van der Waals surface area contributed by atoms with Gasteiger partial charge in [0.15, 0.2) is 0 Å². The molecule has 0 bridgehead atoms. The number of primary amides is 1. The number of anilines is 3. The van der Waals surface area contributed by atoms with Crippen LogP contribution in [0.25, 0.3) is 10.9 Å². The highest BCUT2D eigenvalue weighted by atomic mass is 35.5. The molecule has 1 aliphatic rings. The SMILES string of the molecule is CN1C(=Nc2ccccc2C(=O)O)c2cc(C(N)=O)nc3c(N)c(Cl)c(N)c1c23. The van der Waals surface area contributed by atoms with Gasteiger partial charge < -0.3 is 27.2 Å². The van der Waals surface area contributed by atoms with E-state index in [0.29, 0.717) is 22.5 Å². The number of amidine groups is 1. The first-order valence-electron chi connectivity index (χ1n) is 8.38. The fraction of sp³-hybridized carbons (Fsp3) is 0.0526. The molecule has 10 heteroatoms. The molecular weight excluding hydrogens is 396 g/mol. The zero-order valence-corrected chi connectivity index (χ0v) is 15.9. The third-order valence-electron chi connectivity index (χ3n) is 4.75. The molecular formula is C19H15ClN6O3. The summed E-state index contributed by atoms with van der Waals surface area (Å²) >= 11 is 6.29. The van der Waals surface area contributed by atoms with E-state index in [1.54, 1.807) is 30.1 Å². The van der Waals surface area contributed by atoms with Crippen molar-refractivity contribution in [1.29, 1.82) is 0 Å². The van der Waals surface area contributed by atoms with Crippen LogP contribution in [0.4, 0.5) is 22.7 Å². The van der Waals surface area contributed by atoms with Gasteiger partial charge in [-0.1, -0.05) is 23.7 Å². The summed E-state index contributed by atoms with van der Waals surface area (Å²) in [7, 11) is 1.70. The Labute approximate surface area is 169 Å². The Morgan fingerprint density at radius 1 is 1.21 bits per heavy atom. The largest absolute Gasteiger partial charge is 0.478 e. The number of benzene rings is 2. The second-order valence-corrected chi connectivity index (χ2v) is 6.83. The maximum absolute atomic E-state index is 11.8. The maximum atomic E-state index is 11.8. The highest BCUT2D eigenvalue weighted by Crippen LogP contribution is 2.48. The van der Waals surface area contributed by atoms with E-state index in [9.17, 15) is 14.7 Å². The van der Waals surface area contributed by atoms with Crippen molar-refractivity contribution < 1.29 is 14.7 Å². The number of carbonyl (C=O) groups is 2. The molecule has 0 saturated heterocycles. The molecule has 29 heavy (non-hydrogen) atoms. The predicted molar refractivity (Wildman–Crippen MR) is 112 cm³/mol. The van der Waals surface area contributed by atoms with Crippen molar-refractivity contribution in [2.75, 3.05) is 23.4 Å². The van der Waals surface area contributed by atoms with Crippen LogP contribution in [0.1, 0.15) is 26.4 Å². The summed E-state index contributed by atoms with van der Waals surface area (Å²) in [5, 5.41) is 10.1. The van der Waals surface area contributed by atoms with Crippen molar-refractivity contribution in [3.8, 4) is 0 Å². The Bertz CT molecular complexity index is 1270. The fourth-order valence-corrected chi connectivity index (χ4v) is 3.59. The summed E-state index contributed by atoms with van der Waals surface area (Å²) < 4.78 is 0. The van der Waals surface area contributed by atoms with E-state index >= 15 is 0 Å². The van der Waals surface area contributed by atoms with E-state index in [0.717, 1.165) is 0 Å². The van der Waals surface area contributed by atoms with Crippen molar-refractivity contribution in [3.05, 3.63) is 52.2 Å².